The fourth-order valence-corrected chi connectivity index (χ4v) is 0.956. The number of aromatic nitrogens is 1. The summed E-state index contributed by atoms with van der Waals surface area (Å²) in [5, 5.41) is 0. The van der Waals surface area contributed by atoms with Gasteiger partial charge < -0.3 is 5.73 Å². The number of nitrogens with two attached hydrogens (primary N) is 1. The summed E-state index contributed by atoms with van der Waals surface area (Å²) in [6.45, 7) is 1.79. The molecule has 1 heterocycles. The summed E-state index contributed by atoms with van der Waals surface area (Å²) >= 11 is 0.122. The van der Waals surface area contributed by atoms with Crippen LogP contribution in [0.3, 0.4) is 0 Å². The van der Waals surface area contributed by atoms with Crippen molar-refractivity contribution in [2.45, 2.75) is 11.8 Å². The second kappa shape index (κ2) is 2.88. The molecule has 4 heteroatoms. The molecule has 0 amide bonds. The molecular formula is C6H7FN2S. The topological polar surface area (TPSA) is 38.9 Å². The molecule has 0 aromatic carbocycles. The maximum atomic E-state index is 12.0. The Morgan fingerprint density at radius 2 is 2.30 bits per heavy atom. The van der Waals surface area contributed by atoms with Gasteiger partial charge in [0.25, 0.3) is 0 Å². The van der Waals surface area contributed by atoms with Crippen molar-refractivity contribution >= 4 is 17.8 Å². The predicted octanol–water partition coefficient (Wildman–Crippen LogP) is 1.95. The van der Waals surface area contributed by atoms with Gasteiger partial charge in [0.05, 0.1) is 22.7 Å². The summed E-state index contributed by atoms with van der Waals surface area (Å²) in [6.07, 6.45) is 3.02. The van der Waals surface area contributed by atoms with E-state index >= 15 is 0 Å². The zero-order valence-corrected chi connectivity index (χ0v) is 6.28. The Balaban J connectivity index is 3.14. The van der Waals surface area contributed by atoms with E-state index in [-0.39, 0.29) is 12.1 Å². The normalized spacial score (nSPS) is 9.80. The third-order valence-electron chi connectivity index (χ3n) is 1.23. The van der Waals surface area contributed by atoms with Crippen molar-refractivity contribution in [3.8, 4) is 0 Å². The minimum atomic E-state index is 0.122. The zero-order valence-electron chi connectivity index (χ0n) is 5.47. The Morgan fingerprint density at radius 1 is 1.60 bits per heavy atom. The first-order chi connectivity index (χ1) is 4.75. The second-order valence-corrected chi connectivity index (χ2v) is 2.54. The number of nitrogens with zero attached hydrogens (tertiary/aromatic N) is 1. The van der Waals surface area contributed by atoms with Gasteiger partial charge in [-0.25, -0.2) is 0 Å². The second-order valence-electron chi connectivity index (χ2n) is 1.95. The molecule has 0 aliphatic carbocycles. The number of pyridine rings is 1. The van der Waals surface area contributed by atoms with Crippen molar-refractivity contribution in [1.82, 2.24) is 4.98 Å². The lowest BCUT2D eigenvalue weighted by atomic mass is 10.3. The van der Waals surface area contributed by atoms with E-state index in [1.165, 1.54) is 6.20 Å². The van der Waals surface area contributed by atoms with Crippen molar-refractivity contribution in [3.63, 3.8) is 0 Å². The lowest BCUT2D eigenvalue weighted by Crippen LogP contribution is -1.92. The number of hydrogen-bond donors (Lipinski definition) is 1. The molecule has 0 fully saturated rings. The first-order valence-electron chi connectivity index (χ1n) is 2.74. The summed E-state index contributed by atoms with van der Waals surface area (Å²) < 4.78 is 12.0. The number of hydrogen-bond acceptors (Lipinski definition) is 3. The van der Waals surface area contributed by atoms with Gasteiger partial charge in [0.15, 0.2) is 0 Å². The number of halogens is 1. The molecule has 2 N–H and O–H groups in total. The van der Waals surface area contributed by atoms with E-state index in [0.29, 0.717) is 10.6 Å². The Hall–Kier alpha value is -0.770. The van der Waals surface area contributed by atoms with Crippen LogP contribution >= 0.6 is 12.1 Å². The quantitative estimate of drug-likeness (QED) is 0.679. The van der Waals surface area contributed by atoms with Crippen LogP contribution in [0, 0.1) is 6.92 Å². The third-order valence-corrected chi connectivity index (χ3v) is 1.72. The molecule has 10 heavy (non-hydrogen) atoms. The van der Waals surface area contributed by atoms with Crippen LogP contribution in [0.25, 0.3) is 0 Å². The molecular weight excluding hydrogens is 151 g/mol. The average molecular weight is 158 g/mol. The third kappa shape index (κ3) is 1.21. The smallest absolute Gasteiger partial charge is 0.0850 e. The monoisotopic (exact) mass is 158 g/mol. The van der Waals surface area contributed by atoms with Crippen LogP contribution in [0.2, 0.25) is 0 Å². The molecule has 0 saturated carbocycles. The molecule has 54 valence electrons. The van der Waals surface area contributed by atoms with Crippen LogP contribution < -0.4 is 5.73 Å². The van der Waals surface area contributed by atoms with Crippen molar-refractivity contribution in [3.05, 3.63) is 18.0 Å². The van der Waals surface area contributed by atoms with Gasteiger partial charge in [0.2, 0.25) is 0 Å². The molecule has 1 rings (SSSR count). The SMILES string of the molecule is Cc1cncc(SF)c1N. The Kier molecular flexibility index (Phi) is 2.11. The highest BCUT2D eigenvalue weighted by Crippen LogP contribution is 2.26. The van der Waals surface area contributed by atoms with Gasteiger partial charge in [-0.3, -0.25) is 4.98 Å². The van der Waals surface area contributed by atoms with Crippen LogP contribution in [-0.2, 0) is 0 Å². The molecule has 0 aliphatic rings. The predicted molar refractivity (Wildman–Crippen MR) is 40.4 cm³/mol. The molecule has 0 radical (unpaired) electrons. The number of nitrogen functional groups attached to an aromatic ring is 1. The van der Waals surface area contributed by atoms with E-state index in [1.807, 2.05) is 0 Å². The standard InChI is InChI=1S/C6H7FN2S/c1-4-2-9-3-5(10-7)6(4)8/h2-3H,1H3,(H2,8,9). The van der Waals surface area contributed by atoms with Crippen LogP contribution in [0.4, 0.5) is 9.57 Å². The highest BCUT2D eigenvalue weighted by Gasteiger charge is 2.01. The molecule has 0 bridgehead atoms. The van der Waals surface area contributed by atoms with Crippen LogP contribution in [0.5, 0.6) is 0 Å². The Bertz CT molecular complexity index is 239. The maximum Gasteiger partial charge on any atom is 0.0850 e. The molecule has 0 atom stereocenters. The maximum absolute atomic E-state index is 12.0. The number of rotatable bonds is 1. The van der Waals surface area contributed by atoms with Gasteiger partial charge in [0.1, 0.15) is 0 Å². The van der Waals surface area contributed by atoms with Crippen molar-refractivity contribution in [2.75, 3.05) is 5.73 Å². The lowest BCUT2D eigenvalue weighted by molar-refractivity contribution is 0.932. The van der Waals surface area contributed by atoms with Gasteiger partial charge >= 0.3 is 0 Å². The number of anilines is 1. The van der Waals surface area contributed by atoms with Crippen LogP contribution in [-0.4, -0.2) is 4.98 Å². The summed E-state index contributed by atoms with van der Waals surface area (Å²) in [7, 11) is 0. The van der Waals surface area contributed by atoms with Crippen molar-refractivity contribution in [1.29, 1.82) is 0 Å². The molecule has 1 aromatic rings. The fraction of sp³-hybridized carbons (Fsp3) is 0.167. The molecule has 0 spiro atoms. The average Bonchev–Trinajstić information content (AvgIpc) is 1.95. The summed E-state index contributed by atoms with van der Waals surface area (Å²) in [4.78, 5) is 4.16. The molecule has 0 aliphatic heterocycles. The minimum Gasteiger partial charge on any atom is -0.397 e. The fourth-order valence-electron chi connectivity index (χ4n) is 0.612. The Morgan fingerprint density at radius 3 is 2.80 bits per heavy atom. The molecule has 0 unspecified atom stereocenters. The molecule has 1 aromatic heterocycles. The van der Waals surface area contributed by atoms with Gasteiger partial charge in [-0.2, -0.15) is 3.89 Å². The van der Waals surface area contributed by atoms with E-state index in [2.05, 4.69) is 4.98 Å². The zero-order chi connectivity index (χ0) is 7.56. The van der Waals surface area contributed by atoms with Gasteiger partial charge in [-0.05, 0) is 12.5 Å². The van der Waals surface area contributed by atoms with Gasteiger partial charge in [-0.15, -0.1) is 0 Å². The van der Waals surface area contributed by atoms with E-state index in [9.17, 15) is 3.89 Å². The highest BCUT2D eigenvalue weighted by atomic mass is 32.2. The minimum absolute atomic E-state index is 0.122. The van der Waals surface area contributed by atoms with E-state index in [4.69, 9.17) is 5.73 Å². The largest absolute Gasteiger partial charge is 0.397 e. The summed E-state index contributed by atoms with van der Waals surface area (Å²) in [6, 6.07) is 0. The number of aryl methyl sites for hydroxylation is 1. The molecule has 0 saturated heterocycles. The molecule has 2 nitrogen and oxygen atoms in total. The van der Waals surface area contributed by atoms with Gasteiger partial charge in [-0.1, -0.05) is 0 Å². The van der Waals surface area contributed by atoms with Gasteiger partial charge in [0, 0.05) is 12.4 Å². The Labute approximate surface area is 62.9 Å². The highest BCUT2D eigenvalue weighted by molar-refractivity contribution is 7.94. The summed E-state index contributed by atoms with van der Waals surface area (Å²) in [5.41, 5.74) is 6.77. The van der Waals surface area contributed by atoms with Crippen molar-refractivity contribution < 1.29 is 3.89 Å². The van der Waals surface area contributed by atoms with E-state index in [1.54, 1.807) is 13.1 Å². The lowest BCUT2D eigenvalue weighted by Gasteiger charge is -2.00. The van der Waals surface area contributed by atoms with Crippen LogP contribution in [0.15, 0.2) is 17.3 Å². The van der Waals surface area contributed by atoms with Crippen molar-refractivity contribution in [2.24, 2.45) is 0 Å². The van der Waals surface area contributed by atoms with E-state index < -0.39 is 0 Å². The van der Waals surface area contributed by atoms with E-state index in [0.717, 1.165) is 5.56 Å². The first-order valence-corrected chi connectivity index (χ1v) is 3.46. The van der Waals surface area contributed by atoms with Crippen LogP contribution in [0.1, 0.15) is 5.56 Å². The first kappa shape index (κ1) is 7.34. The summed E-state index contributed by atoms with van der Waals surface area (Å²) in [5.74, 6) is 0.